The zero-order valence-corrected chi connectivity index (χ0v) is 17.8. The van der Waals surface area contributed by atoms with Crippen molar-refractivity contribution in [3.63, 3.8) is 0 Å². The summed E-state index contributed by atoms with van der Waals surface area (Å²) in [4.78, 5) is 18.4. The number of ether oxygens (including phenoxy) is 2. The van der Waals surface area contributed by atoms with Crippen LogP contribution in [0.3, 0.4) is 0 Å². The molecule has 0 radical (unpaired) electrons. The number of pyridine rings is 1. The van der Waals surface area contributed by atoms with E-state index >= 15 is 0 Å². The molecular formula is C23H34N2O3. The molecule has 0 saturated carbocycles. The molecule has 1 aromatic rings. The standard InChI is InChI=1S/C23H34N2O3/c1-5-6-7-8-9-10-12-19-15-21(17-24-16-19)27-18-20-13-11-14-25(20)22(26)28-23(2,3)4/h15-17,20H,5-9,11,13-14,18H2,1-4H3/t20-/m0/s1. The Balaban J connectivity index is 1.85. The zero-order valence-electron chi connectivity index (χ0n) is 17.8. The van der Waals surface area contributed by atoms with E-state index in [1.165, 1.54) is 19.3 Å². The number of carbonyl (C=O) groups is 1. The summed E-state index contributed by atoms with van der Waals surface area (Å²) < 4.78 is 11.4. The van der Waals surface area contributed by atoms with Crippen molar-refractivity contribution in [3.05, 3.63) is 24.0 Å². The Kier molecular flexibility index (Phi) is 8.63. The lowest BCUT2D eigenvalue weighted by molar-refractivity contribution is 0.0187. The highest BCUT2D eigenvalue weighted by Crippen LogP contribution is 2.22. The van der Waals surface area contributed by atoms with Crippen molar-refractivity contribution in [3.8, 4) is 17.6 Å². The number of unbranched alkanes of at least 4 members (excludes halogenated alkanes) is 4. The molecule has 0 bridgehead atoms. The molecule has 2 rings (SSSR count). The number of aromatic nitrogens is 1. The molecule has 0 aromatic carbocycles. The van der Waals surface area contributed by atoms with Crippen molar-refractivity contribution >= 4 is 6.09 Å². The lowest BCUT2D eigenvalue weighted by Gasteiger charge is -2.28. The topological polar surface area (TPSA) is 51.7 Å². The minimum Gasteiger partial charge on any atom is -0.490 e. The van der Waals surface area contributed by atoms with Crippen molar-refractivity contribution in [2.45, 2.75) is 84.3 Å². The molecule has 1 aromatic heterocycles. The second-order valence-electron chi connectivity index (χ2n) is 8.30. The Labute approximate surface area is 169 Å². The molecule has 2 heterocycles. The summed E-state index contributed by atoms with van der Waals surface area (Å²) in [7, 11) is 0. The van der Waals surface area contributed by atoms with E-state index in [4.69, 9.17) is 9.47 Å². The lowest BCUT2D eigenvalue weighted by Crippen LogP contribution is -2.42. The molecule has 1 saturated heterocycles. The molecule has 5 heteroatoms. The van der Waals surface area contributed by atoms with Crippen LogP contribution in [0.2, 0.25) is 0 Å². The average Bonchev–Trinajstić information content (AvgIpc) is 3.11. The third kappa shape index (κ3) is 7.80. The van der Waals surface area contributed by atoms with E-state index in [1.54, 1.807) is 17.3 Å². The highest BCUT2D eigenvalue weighted by Gasteiger charge is 2.32. The zero-order chi connectivity index (χ0) is 20.4. The normalized spacial score (nSPS) is 16.4. The van der Waals surface area contributed by atoms with Crippen LogP contribution in [0.5, 0.6) is 5.75 Å². The van der Waals surface area contributed by atoms with Gasteiger partial charge in [0.15, 0.2) is 0 Å². The van der Waals surface area contributed by atoms with Crippen LogP contribution >= 0.6 is 0 Å². The van der Waals surface area contributed by atoms with Crippen LogP contribution < -0.4 is 4.74 Å². The first-order chi connectivity index (χ1) is 13.4. The monoisotopic (exact) mass is 386 g/mol. The van der Waals surface area contributed by atoms with E-state index in [9.17, 15) is 4.79 Å². The molecule has 28 heavy (non-hydrogen) atoms. The SMILES string of the molecule is CCCCCCC#Cc1cncc(OC[C@@H]2CCCN2C(=O)OC(C)(C)C)c1. The molecule has 1 aliphatic heterocycles. The maximum Gasteiger partial charge on any atom is 0.410 e. The molecule has 1 fully saturated rings. The largest absolute Gasteiger partial charge is 0.490 e. The van der Waals surface area contributed by atoms with Gasteiger partial charge in [0.05, 0.1) is 12.2 Å². The van der Waals surface area contributed by atoms with Crippen LogP contribution in [0.4, 0.5) is 4.79 Å². The minimum absolute atomic E-state index is 0.0307. The predicted octanol–water partition coefficient (Wildman–Crippen LogP) is 5.18. The van der Waals surface area contributed by atoms with E-state index in [0.29, 0.717) is 18.9 Å². The van der Waals surface area contributed by atoms with Crippen molar-refractivity contribution in [1.82, 2.24) is 9.88 Å². The summed E-state index contributed by atoms with van der Waals surface area (Å²) in [5.74, 6) is 7.07. The maximum absolute atomic E-state index is 12.4. The van der Waals surface area contributed by atoms with Crippen LogP contribution in [-0.2, 0) is 4.74 Å². The highest BCUT2D eigenvalue weighted by molar-refractivity contribution is 5.69. The number of amides is 1. The fourth-order valence-electron chi connectivity index (χ4n) is 3.13. The van der Waals surface area contributed by atoms with Gasteiger partial charge >= 0.3 is 6.09 Å². The molecule has 1 amide bonds. The van der Waals surface area contributed by atoms with Crippen molar-refractivity contribution in [2.24, 2.45) is 0 Å². The lowest BCUT2D eigenvalue weighted by atomic mass is 10.1. The molecule has 1 aliphatic rings. The number of rotatable bonds is 7. The minimum atomic E-state index is -0.488. The van der Waals surface area contributed by atoms with Gasteiger partial charge in [-0.2, -0.15) is 0 Å². The highest BCUT2D eigenvalue weighted by atomic mass is 16.6. The van der Waals surface area contributed by atoms with E-state index < -0.39 is 5.60 Å². The first-order valence-electron chi connectivity index (χ1n) is 10.5. The van der Waals surface area contributed by atoms with Crippen LogP contribution in [0.1, 0.15) is 78.2 Å². The third-order valence-corrected chi connectivity index (χ3v) is 4.55. The number of carbonyl (C=O) groups excluding carboxylic acids is 1. The van der Waals surface area contributed by atoms with Crippen LogP contribution in [0.15, 0.2) is 18.5 Å². The molecule has 5 nitrogen and oxygen atoms in total. The Morgan fingerprint density at radius 3 is 2.86 bits per heavy atom. The molecule has 0 aliphatic carbocycles. The Hall–Kier alpha value is -2.22. The second-order valence-corrected chi connectivity index (χ2v) is 8.30. The fraction of sp³-hybridized carbons (Fsp3) is 0.652. The summed E-state index contributed by atoms with van der Waals surface area (Å²) in [6, 6.07) is 1.95. The molecule has 0 unspecified atom stereocenters. The first kappa shape index (κ1) is 22.1. The third-order valence-electron chi connectivity index (χ3n) is 4.55. The number of hydrogen-bond donors (Lipinski definition) is 0. The number of nitrogens with zero attached hydrogens (tertiary/aromatic N) is 2. The Bertz CT molecular complexity index is 685. The molecule has 154 valence electrons. The summed E-state index contributed by atoms with van der Waals surface area (Å²) in [6.07, 6.45) is 10.9. The van der Waals surface area contributed by atoms with E-state index in [1.807, 2.05) is 26.8 Å². The summed E-state index contributed by atoms with van der Waals surface area (Å²) in [6.45, 7) is 9.01. The van der Waals surface area contributed by atoms with Crippen molar-refractivity contribution in [2.75, 3.05) is 13.2 Å². The van der Waals surface area contributed by atoms with Crippen molar-refractivity contribution in [1.29, 1.82) is 0 Å². The second kappa shape index (κ2) is 10.9. The maximum atomic E-state index is 12.4. The fourth-order valence-corrected chi connectivity index (χ4v) is 3.13. The van der Waals surface area contributed by atoms with Gasteiger partial charge in [-0.1, -0.05) is 38.0 Å². The van der Waals surface area contributed by atoms with Gasteiger partial charge in [-0.25, -0.2) is 4.79 Å². The van der Waals surface area contributed by atoms with Crippen LogP contribution in [0.25, 0.3) is 0 Å². The summed E-state index contributed by atoms with van der Waals surface area (Å²) in [5.41, 5.74) is 0.377. The quantitative estimate of drug-likeness (QED) is 0.478. The van der Waals surface area contributed by atoms with Gasteiger partial charge in [0.1, 0.15) is 18.0 Å². The first-order valence-corrected chi connectivity index (χ1v) is 10.5. The molecule has 1 atom stereocenters. The summed E-state index contributed by atoms with van der Waals surface area (Å²) in [5, 5.41) is 0. The number of likely N-dealkylation sites (tertiary alicyclic amines) is 1. The van der Waals surface area contributed by atoms with Gasteiger partial charge in [0.2, 0.25) is 0 Å². The van der Waals surface area contributed by atoms with Gasteiger partial charge in [-0.3, -0.25) is 4.98 Å². The van der Waals surface area contributed by atoms with E-state index in [2.05, 4.69) is 23.7 Å². The van der Waals surface area contributed by atoms with Gasteiger partial charge in [0, 0.05) is 24.7 Å². The smallest absolute Gasteiger partial charge is 0.410 e. The Morgan fingerprint density at radius 1 is 1.29 bits per heavy atom. The average molecular weight is 387 g/mol. The summed E-state index contributed by atoms with van der Waals surface area (Å²) >= 11 is 0. The van der Waals surface area contributed by atoms with Gasteiger partial charge in [0.25, 0.3) is 0 Å². The van der Waals surface area contributed by atoms with Gasteiger partial charge < -0.3 is 14.4 Å². The Morgan fingerprint density at radius 2 is 2.11 bits per heavy atom. The van der Waals surface area contributed by atoms with Crippen LogP contribution in [-0.4, -0.2) is 40.8 Å². The van der Waals surface area contributed by atoms with Crippen molar-refractivity contribution < 1.29 is 14.3 Å². The molecule has 0 spiro atoms. The van der Waals surface area contributed by atoms with Gasteiger partial charge in [-0.15, -0.1) is 0 Å². The van der Waals surface area contributed by atoms with Crippen LogP contribution in [0, 0.1) is 11.8 Å². The van der Waals surface area contributed by atoms with E-state index in [-0.39, 0.29) is 12.1 Å². The molecule has 0 N–H and O–H groups in total. The van der Waals surface area contributed by atoms with E-state index in [0.717, 1.165) is 31.2 Å². The predicted molar refractivity (Wildman–Crippen MR) is 111 cm³/mol. The van der Waals surface area contributed by atoms with Gasteiger partial charge in [-0.05, 0) is 46.1 Å². The number of hydrogen-bond acceptors (Lipinski definition) is 4. The molecular weight excluding hydrogens is 352 g/mol.